The summed E-state index contributed by atoms with van der Waals surface area (Å²) < 4.78 is 9.72. The second kappa shape index (κ2) is 1.54. The quantitative estimate of drug-likeness (QED) is 0.356. The van der Waals surface area contributed by atoms with E-state index < -0.39 is 10.0 Å². The molecule has 1 fully saturated rings. The topological polar surface area (TPSA) is 18.5 Å². The monoisotopic (exact) mass is 90.0 g/mol. The molecule has 0 aliphatic carbocycles. The minimum Gasteiger partial charge on any atom is -0.396 e. The molecule has 3 heteroatoms. The fourth-order valence-corrected chi connectivity index (χ4v) is 0.884. The van der Waals surface area contributed by atoms with Crippen LogP contribution in [0.4, 0.5) is 0 Å². The Morgan fingerprint density at radius 3 is 2.00 bits per heavy atom. The first-order chi connectivity index (χ1) is 2.50. The first-order valence-electron chi connectivity index (χ1n) is 1.65. The van der Waals surface area contributed by atoms with Gasteiger partial charge in [-0.25, -0.2) is 0 Å². The molecule has 1 aliphatic heterocycles. The summed E-state index contributed by atoms with van der Waals surface area (Å²) in [5.74, 6) is 0. The van der Waals surface area contributed by atoms with Gasteiger partial charge in [-0.05, 0) is 0 Å². The van der Waals surface area contributed by atoms with E-state index in [1.54, 1.807) is 0 Å². The highest BCUT2D eigenvalue weighted by molar-refractivity contribution is 6.18. The van der Waals surface area contributed by atoms with Gasteiger partial charge in [0.15, 0.2) is 0 Å². The molecular weight excluding hydrogens is 84.1 g/mol. The zero-order valence-electron chi connectivity index (χ0n) is 2.94. The standard InChI is InChI=1S/C2H6O2Si/c1-2-4-5-3-1/h1-2,5H2. The van der Waals surface area contributed by atoms with Crippen LogP contribution in [0.25, 0.3) is 0 Å². The van der Waals surface area contributed by atoms with Crippen molar-refractivity contribution in [3.8, 4) is 0 Å². The first kappa shape index (κ1) is 3.33. The summed E-state index contributed by atoms with van der Waals surface area (Å²) in [6, 6.07) is 0. The lowest BCUT2D eigenvalue weighted by molar-refractivity contribution is 0.365. The molecule has 0 unspecified atom stereocenters. The summed E-state index contributed by atoms with van der Waals surface area (Å²) in [7, 11) is -0.457. The highest BCUT2D eigenvalue weighted by Gasteiger charge is 1.95. The molecule has 0 aromatic carbocycles. The van der Waals surface area contributed by atoms with Gasteiger partial charge >= 0.3 is 10.0 Å². The van der Waals surface area contributed by atoms with Gasteiger partial charge in [0.2, 0.25) is 0 Å². The van der Waals surface area contributed by atoms with Crippen molar-refractivity contribution < 1.29 is 8.85 Å². The van der Waals surface area contributed by atoms with Gasteiger partial charge in [-0.2, -0.15) is 0 Å². The van der Waals surface area contributed by atoms with Crippen LogP contribution in [0.3, 0.4) is 0 Å². The summed E-state index contributed by atoms with van der Waals surface area (Å²) >= 11 is 0. The summed E-state index contributed by atoms with van der Waals surface area (Å²) in [5, 5.41) is 0. The van der Waals surface area contributed by atoms with E-state index >= 15 is 0 Å². The van der Waals surface area contributed by atoms with Gasteiger partial charge in [0.05, 0.1) is 13.2 Å². The normalized spacial score (nSPS) is 24.0. The molecule has 0 spiro atoms. The molecule has 0 radical (unpaired) electrons. The van der Waals surface area contributed by atoms with Crippen LogP contribution in [0, 0.1) is 0 Å². The van der Waals surface area contributed by atoms with Crippen molar-refractivity contribution in [3.63, 3.8) is 0 Å². The highest BCUT2D eigenvalue weighted by Crippen LogP contribution is 1.82. The van der Waals surface area contributed by atoms with Gasteiger partial charge in [0, 0.05) is 0 Å². The minimum absolute atomic E-state index is 0.457. The summed E-state index contributed by atoms with van der Waals surface area (Å²) in [4.78, 5) is 0. The molecule has 0 atom stereocenters. The van der Waals surface area contributed by atoms with E-state index in [4.69, 9.17) is 8.85 Å². The maximum Gasteiger partial charge on any atom is 0.304 e. The van der Waals surface area contributed by atoms with Crippen LogP contribution in [0.15, 0.2) is 0 Å². The van der Waals surface area contributed by atoms with Crippen LogP contribution >= 0.6 is 0 Å². The van der Waals surface area contributed by atoms with E-state index in [0.29, 0.717) is 0 Å². The van der Waals surface area contributed by atoms with E-state index in [2.05, 4.69) is 0 Å². The summed E-state index contributed by atoms with van der Waals surface area (Å²) in [5.41, 5.74) is 0. The van der Waals surface area contributed by atoms with Crippen molar-refractivity contribution in [2.24, 2.45) is 0 Å². The third kappa shape index (κ3) is 0.716. The lowest BCUT2D eigenvalue weighted by atomic mass is 10.8. The van der Waals surface area contributed by atoms with Gasteiger partial charge < -0.3 is 8.85 Å². The van der Waals surface area contributed by atoms with Gasteiger partial charge in [-0.1, -0.05) is 0 Å². The Morgan fingerprint density at radius 2 is 1.80 bits per heavy atom. The first-order valence-corrected chi connectivity index (χ1v) is 2.81. The second-order valence-electron chi connectivity index (χ2n) is 0.934. The minimum atomic E-state index is -0.457. The number of hydrogen-bond acceptors (Lipinski definition) is 2. The summed E-state index contributed by atoms with van der Waals surface area (Å²) in [6.07, 6.45) is 0. The van der Waals surface area contributed by atoms with E-state index in [-0.39, 0.29) is 0 Å². The molecule has 1 saturated heterocycles. The third-order valence-corrected chi connectivity index (χ3v) is 1.45. The van der Waals surface area contributed by atoms with Gasteiger partial charge in [0.1, 0.15) is 0 Å². The zero-order valence-corrected chi connectivity index (χ0v) is 4.35. The van der Waals surface area contributed by atoms with Crippen molar-refractivity contribution in [2.45, 2.75) is 0 Å². The van der Waals surface area contributed by atoms with Crippen molar-refractivity contribution in [1.82, 2.24) is 0 Å². The largest absolute Gasteiger partial charge is 0.396 e. The molecule has 30 valence electrons. The predicted molar refractivity (Wildman–Crippen MR) is 20.4 cm³/mol. The molecule has 5 heavy (non-hydrogen) atoms. The average molecular weight is 90.2 g/mol. The van der Waals surface area contributed by atoms with Gasteiger partial charge in [-0.15, -0.1) is 0 Å². The Morgan fingerprint density at radius 1 is 1.20 bits per heavy atom. The molecule has 0 aromatic heterocycles. The van der Waals surface area contributed by atoms with Crippen molar-refractivity contribution in [2.75, 3.05) is 13.2 Å². The predicted octanol–water partition coefficient (Wildman–Crippen LogP) is -0.968. The van der Waals surface area contributed by atoms with Crippen LogP contribution in [0.2, 0.25) is 0 Å². The molecule has 1 heterocycles. The molecule has 0 amide bonds. The smallest absolute Gasteiger partial charge is 0.304 e. The molecule has 0 bridgehead atoms. The zero-order chi connectivity index (χ0) is 3.54. The molecular formula is C2H6O2Si. The molecule has 0 aromatic rings. The van der Waals surface area contributed by atoms with Crippen molar-refractivity contribution in [3.05, 3.63) is 0 Å². The second-order valence-corrected chi connectivity index (χ2v) is 1.99. The number of rotatable bonds is 0. The van der Waals surface area contributed by atoms with Crippen molar-refractivity contribution in [1.29, 1.82) is 0 Å². The SMILES string of the molecule is C1CO[SiH2]O1. The Bertz CT molecular complexity index is 19.2. The lowest BCUT2D eigenvalue weighted by Crippen LogP contribution is -1.83. The molecule has 0 saturated carbocycles. The fraction of sp³-hybridized carbons (Fsp3) is 1.00. The van der Waals surface area contributed by atoms with Crippen LogP contribution in [-0.4, -0.2) is 23.2 Å². The Labute approximate surface area is 33.1 Å². The highest BCUT2D eigenvalue weighted by atomic mass is 28.3. The molecule has 1 rings (SSSR count). The fourth-order valence-electron chi connectivity index (χ4n) is 0.295. The Kier molecular flexibility index (Phi) is 1.03. The van der Waals surface area contributed by atoms with Crippen LogP contribution < -0.4 is 0 Å². The van der Waals surface area contributed by atoms with E-state index in [9.17, 15) is 0 Å². The average Bonchev–Trinajstić information content (AvgIpc) is 1.76. The molecule has 1 aliphatic rings. The lowest BCUT2D eigenvalue weighted by Gasteiger charge is -1.73. The number of hydrogen-bond donors (Lipinski definition) is 0. The maximum absolute atomic E-state index is 4.86. The molecule has 2 nitrogen and oxygen atoms in total. The van der Waals surface area contributed by atoms with E-state index in [0.717, 1.165) is 13.2 Å². The Balaban J connectivity index is 2.08. The van der Waals surface area contributed by atoms with Crippen molar-refractivity contribution >= 4 is 10.0 Å². The Hall–Kier alpha value is 0.137. The summed E-state index contributed by atoms with van der Waals surface area (Å²) in [6.45, 7) is 1.68. The molecule has 0 N–H and O–H groups in total. The van der Waals surface area contributed by atoms with Crippen LogP contribution in [0.1, 0.15) is 0 Å². The van der Waals surface area contributed by atoms with Crippen LogP contribution in [0.5, 0.6) is 0 Å². The van der Waals surface area contributed by atoms with Crippen LogP contribution in [-0.2, 0) is 8.85 Å². The maximum atomic E-state index is 4.86. The van der Waals surface area contributed by atoms with E-state index in [1.807, 2.05) is 0 Å². The third-order valence-electron chi connectivity index (χ3n) is 0.539. The van der Waals surface area contributed by atoms with Gasteiger partial charge in [-0.3, -0.25) is 0 Å². The van der Waals surface area contributed by atoms with Gasteiger partial charge in [0.25, 0.3) is 0 Å². The van der Waals surface area contributed by atoms with E-state index in [1.165, 1.54) is 0 Å².